The number of hydrazine groups is 1. The van der Waals surface area contributed by atoms with Crippen molar-refractivity contribution in [3.8, 4) is 6.07 Å². The van der Waals surface area contributed by atoms with Crippen molar-refractivity contribution in [2.24, 2.45) is 0 Å². The summed E-state index contributed by atoms with van der Waals surface area (Å²) in [5, 5.41) is 19.3. The van der Waals surface area contributed by atoms with Gasteiger partial charge in [-0.1, -0.05) is 6.07 Å². The highest BCUT2D eigenvalue weighted by Gasteiger charge is 2.27. The second kappa shape index (κ2) is 8.45. The van der Waals surface area contributed by atoms with Crippen LogP contribution in [0.4, 0.5) is 5.82 Å². The fourth-order valence-electron chi connectivity index (χ4n) is 3.31. The second-order valence-corrected chi connectivity index (χ2v) is 6.75. The Kier molecular flexibility index (Phi) is 5.04. The largest absolute Gasteiger partial charge is 0.289 e. The van der Waals surface area contributed by atoms with Gasteiger partial charge in [0.2, 0.25) is 0 Å². The van der Waals surface area contributed by atoms with Gasteiger partial charge in [-0.3, -0.25) is 10.4 Å². The van der Waals surface area contributed by atoms with Crippen molar-refractivity contribution >= 4 is 22.8 Å². The van der Waals surface area contributed by atoms with Crippen LogP contribution in [0.5, 0.6) is 0 Å². The van der Waals surface area contributed by atoms with Gasteiger partial charge in [0, 0.05) is 53.8 Å². The summed E-state index contributed by atoms with van der Waals surface area (Å²) >= 11 is 0. The molecule has 0 saturated heterocycles. The molecule has 0 amide bonds. The molecule has 0 spiro atoms. The van der Waals surface area contributed by atoms with E-state index in [9.17, 15) is 0 Å². The molecule has 1 aliphatic rings. The van der Waals surface area contributed by atoms with E-state index in [4.69, 9.17) is 5.26 Å². The molecule has 8 nitrogen and oxygen atoms in total. The molecule has 0 unspecified atom stereocenters. The smallest absolute Gasteiger partial charge is 0.151 e. The van der Waals surface area contributed by atoms with Crippen molar-refractivity contribution in [3.63, 3.8) is 0 Å². The molecule has 4 aromatic rings. The summed E-state index contributed by atoms with van der Waals surface area (Å²) in [5.74, 6) is 0.682. The highest BCUT2D eigenvalue weighted by atomic mass is 15.5. The number of rotatable bonds is 4. The van der Waals surface area contributed by atoms with Gasteiger partial charge in [-0.2, -0.15) is 10.4 Å². The van der Waals surface area contributed by atoms with Gasteiger partial charge < -0.3 is 0 Å². The monoisotopic (exact) mass is 415 g/mol. The second-order valence-electron chi connectivity index (χ2n) is 6.75. The van der Waals surface area contributed by atoms with Crippen LogP contribution in [-0.2, 0) is 0 Å². The van der Waals surface area contributed by atoms with Crippen LogP contribution in [0, 0.1) is 17.4 Å². The molecule has 1 N–H and O–H groups in total. The first-order valence-electron chi connectivity index (χ1n) is 9.74. The molecule has 1 radical (unpaired) electrons. The summed E-state index contributed by atoms with van der Waals surface area (Å²) < 4.78 is 0. The molecule has 5 rings (SSSR count). The molecule has 32 heavy (non-hydrogen) atoms. The summed E-state index contributed by atoms with van der Waals surface area (Å²) in [6.07, 6.45) is 11.9. The van der Waals surface area contributed by atoms with Crippen molar-refractivity contribution in [2.45, 2.75) is 0 Å². The van der Waals surface area contributed by atoms with E-state index in [1.54, 1.807) is 37.1 Å². The van der Waals surface area contributed by atoms with Gasteiger partial charge in [-0.25, -0.2) is 15.0 Å². The fraction of sp³-hybridized carbons (Fsp3) is 0. The van der Waals surface area contributed by atoms with Crippen molar-refractivity contribution in [3.05, 3.63) is 114 Å². The van der Waals surface area contributed by atoms with E-state index in [0.29, 0.717) is 22.9 Å². The van der Waals surface area contributed by atoms with Gasteiger partial charge in [-0.15, -0.1) is 5.10 Å². The Labute approximate surface area is 184 Å². The van der Waals surface area contributed by atoms with Crippen LogP contribution in [-0.4, -0.2) is 25.1 Å². The van der Waals surface area contributed by atoms with Crippen LogP contribution < -0.4 is 10.4 Å². The maximum Gasteiger partial charge on any atom is 0.151 e. The van der Waals surface area contributed by atoms with Crippen LogP contribution in [0.2, 0.25) is 0 Å². The third-order valence-electron chi connectivity index (χ3n) is 4.76. The highest BCUT2D eigenvalue weighted by molar-refractivity contribution is 6.03. The lowest BCUT2D eigenvalue weighted by atomic mass is 9.97. The SMILES string of the molecule is N#Cc1ccc(C2=C(c3ccncc3)N(c3ccccn3)NC(c3cccnn3)=[C]2)cn1. The topological polar surface area (TPSA) is 104 Å². The average Bonchev–Trinajstić information content (AvgIpc) is 2.89. The molecule has 0 atom stereocenters. The van der Waals surface area contributed by atoms with E-state index in [-0.39, 0.29) is 0 Å². The number of aromatic nitrogens is 5. The minimum atomic E-state index is 0.341. The first-order valence-corrected chi connectivity index (χ1v) is 9.74. The van der Waals surface area contributed by atoms with Crippen molar-refractivity contribution < 1.29 is 0 Å². The van der Waals surface area contributed by atoms with E-state index in [0.717, 1.165) is 22.4 Å². The van der Waals surface area contributed by atoms with Gasteiger partial charge >= 0.3 is 0 Å². The van der Waals surface area contributed by atoms with Gasteiger partial charge in [0.05, 0.1) is 11.4 Å². The van der Waals surface area contributed by atoms with Gasteiger partial charge in [-0.05, 0) is 48.5 Å². The predicted molar refractivity (Wildman–Crippen MR) is 119 cm³/mol. The van der Waals surface area contributed by atoms with E-state index < -0.39 is 0 Å². The number of nitriles is 1. The number of anilines is 1. The van der Waals surface area contributed by atoms with Crippen molar-refractivity contribution in [1.29, 1.82) is 5.26 Å². The van der Waals surface area contributed by atoms with E-state index >= 15 is 0 Å². The molecular weight excluding hydrogens is 400 g/mol. The van der Waals surface area contributed by atoms with Crippen molar-refractivity contribution in [2.75, 3.05) is 5.01 Å². The molecular formula is C24H15N8. The molecule has 0 bridgehead atoms. The van der Waals surface area contributed by atoms with Crippen LogP contribution >= 0.6 is 0 Å². The highest BCUT2D eigenvalue weighted by Crippen LogP contribution is 2.36. The standard InChI is InChI=1S/C24H15N8/c25-15-19-7-6-18(16-28-19)20-14-22(21-4-3-11-29-30-21)31-32(23-5-1-2-10-27-23)24(20)17-8-12-26-13-9-17/h1-13,16,31H. The zero-order valence-corrected chi connectivity index (χ0v) is 16.7. The predicted octanol–water partition coefficient (Wildman–Crippen LogP) is 3.27. The molecule has 0 aromatic carbocycles. The number of nitrogens with one attached hydrogen (secondary N) is 1. The lowest BCUT2D eigenvalue weighted by molar-refractivity contribution is 0.864. The van der Waals surface area contributed by atoms with Crippen molar-refractivity contribution in [1.82, 2.24) is 30.6 Å². The lowest BCUT2D eigenvalue weighted by Gasteiger charge is -2.33. The van der Waals surface area contributed by atoms with Crippen LogP contribution in [0.15, 0.2) is 85.6 Å². The maximum atomic E-state index is 9.16. The lowest BCUT2D eigenvalue weighted by Crippen LogP contribution is -2.39. The normalized spacial score (nSPS) is 13.2. The molecule has 8 heteroatoms. The van der Waals surface area contributed by atoms with Gasteiger partial charge in [0.25, 0.3) is 0 Å². The molecule has 0 fully saturated rings. The number of hydrogen-bond acceptors (Lipinski definition) is 8. The summed E-state index contributed by atoms with van der Waals surface area (Å²) in [6, 6.07) is 18.8. The number of nitrogens with zero attached hydrogens (tertiary/aromatic N) is 7. The van der Waals surface area contributed by atoms with E-state index in [1.807, 2.05) is 53.5 Å². The minimum Gasteiger partial charge on any atom is -0.289 e. The molecule has 5 heterocycles. The zero-order chi connectivity index (χ0) is 21.8. The number of pyridine rings is 3. The first kappa shape index (κ1) is 19.1. The van der Waals surface area contributed by atoms with Gasteiger partial charge in [0.1, 0.15) is 17.5 Å². The number of allylic oxidation sites excluding steroid dienone is 2. The van der Waals surface area contributed by atoms with E-state index in [2.05, 4.69) is 42.7 Å². The maximum absolute atomic E-state index is 9.16. The summed E-state index contributed by atoms with van der Waals surface area (Å²) in [7, 11) is 0. The Bertz CT molecular complexity index is 1330. The van der Waals surface area contributed by atoms with Crippen LogP contribution in [0.3, 0.4) is 0 Å². The average molecular weight is 415 g/mol. The zero-order valence-electron chi connectivity index (χ0n) is 16.7. The minimum absolute atomic E-state index is 0.341. The molecule has 0 aliphatic carbocycles. The fourth-order valence-corrected chi connectivity index (χ4v) is 3.31. The summed E-state index contributed by atoms with van der Waals surface area (Å²) in [4.78, 5) is 12.9. The summed E-state index contributed by atoms with van der Waals surface area (Å²) in [5.41, 5.74) is 8.24. The Morgan fingerprint density at radius 3 is 2.47 bits per heavy atom. The third-order valence-corrected chi connectivity index (χ3v) is 4.76. The van der Waals surface area contributed by atoms with Crippen LogP contribution in [0.1, 0.15) is 22.5 Å². The third kappa shape index (κ3) is 3.66. The first-order chi connectivity index (χ1) is 15.8. The number of hydrogen-bond donors (Lipinski definition) is 1. The molecule has 0 saturated carbocycles. The van der Waals surface area contributed by atoms with E-state index in [1.165, 1.54) is 0 Å². The van der Waals surface area contributed by atoms with Crippen LogP contribution in [0.25, 0.3) is 17.0 Å². The Balaban J connectivity index is 1.78. The summed E-state index contributed by atoms with van der Waals surface area (Å²) in [6.45, 7) is 0. The Morgan fingerprint density at radius 1 is 0.875 bits per heavy atom. The molecule has 4 aromatic heterocycles. The van der Waals surface area contributed by atoms with Gasteiger partial charge in [0.15, 0.2) is 5.82 Å². The Hall–Kier alpha value is -4.90. The quantitative estimate of drug-likeness (QED) is 0.542. The molecule has 151 valence electrons. The Morgan fingerprint density at radius 2 is 1.78 bits per heavy atom. The molecule has 1 aliphatic heterocycles.